The van der Waals surface area contributed by atoms with Gasteiger partial charge in [-0.2, -0.15) is 0 Å². The Balaban J connectivity index is 1.44. The maximum atomic E-state index is 12.9. The van der Waals surface area contributed by atoms with E-state index in [1.807, 2.05) is 36.4 Å². The second-order valence-electron chi connectivity index (χ2n) is 7.24. The van der Waals surface area contributed by atoms with E-state index in [4.69, 9.17) is 4.52 Å². The lowest BCUT2D eigenvalue weighted by Gasteiger charge is -2.24. The molecule has 1 aliphatic heterocycles. The minimum Gasteiger partial charge on any atom is -0.359 e. The molecule has 1 N–H and O–H groups in total. The molecule has 3 aromatic rings. The Morgan fingerprint density at radius 1 is 1.25 bits per heavy atom. The van der Waals surface area contributed by atoms with Crippen LogP contribution in [0.25, 0.3) is 11.3 Å². The molecule has 28 heavy (non-hydrogen) atoms. The average Bonchev–Trinajstić information content (AvgIpc) is 3.23. The van der Waals surface area contributed by atoms with Gasteiger partial charge >= 0.3 is 0 Å². The highest BCUT2D eigenvalue weighted by Crippen LogP contribution is 2.24. The highest BCUT2D eigenvalue weighted by atomic mass is 16.5. The van der Waals surface area contributed by atoms with Gasteiger partial charge in [0.25, 0.3) is 5.91 Å². The fourth-order valence-electron chi connectivity index (χ4n) is 3.63. The first-order chi connectivity index (χ1) is 13.7. The van der Waals surface area contributed by atoms with Crippen LogP contribution in [0.1, 0.15) is 40.4 Å². The van der Waals surface area contributed by atoms with Gasteiger partial charge in [0.15, 0.2) is 5.76 Å². The van der Waals surface area contributed by atoms with Crippen LogP contribution in [0.5, 0.6) is 0 Å². The van der Waals surface area contributed by atoms with Gasteiger partial charge in [-0.1, -0.05) is 17.3 Å². The fraction of sp³-hybridized carbons (Fsp3) is 0.318. The van der Waals surface area contributed by atoms with Crippen molar-refractivity contribution < 1.29 is 9.32 Å². The van der Waals surface area contributed by atoms with Crippen molar-refractivity contribution in [1.82, 2.24) is 20.4 Å². The smallest absolute Gasteiger partial charge is 0.254 e. The van der Waals surface area contributed by atoms with Crippen LogP contribution in [0.15, 0.2) is 59.4 Å². The number of carbonyl (C=O) groups excluding carboxylic acids is 1. The van der Waals surface area contributed by atoms with Gasteiger partial charge < -0.3 is 14.7 Å². The lowest BCUT2D eigenvalue weighted by molar-refractivity contribution is 0.0772. The number of piperidine rings is 1. The van der Waals surface area contributed by atoms with Crippen LogP contribution in [0, 0.1) is 0 Å². The molecule has 2 aromatic heterocycles. The molecule has 4 rings (SSSR count). The van der Waals surface area contributed by atoms with E-state index in [2.05, 4.69) is 21.5 Å². The molecule has 3 heterocycles. The molecule has 1 atom stereocenters. The van der Waals surface area contributed by atoms with E-state index < -0.39 is 0 Å². The van der Waals surface area contributed by atoms with Gasteiger partial charge in [-0.15, -0.1) is 0 Å². The van der Waals surface area contributed by atoms with E-state index >= 15 is 0 Å². The predicted molar refractivity (Wildman–Crippen MR) is 107 cm³/mol. The molecule has 0 bridgehead atoms. The van der Waals surface area contributed by atoms with Crippen LogP contribution in [-0.4, -0.2) is 41.1 Å². The largest absolute Gasteiger partial charge is 0.359 e. The summed E-state index contributed by atoms with van der Waals surface area (Å²) in [4.78, 5) is 18.6. The van der Waals surface area contributed by atoms with Crippen LogP contribution in [0.2, 0.25) is 0 Å². The zero-order chi connectivity index (χ0) is 19.3. The number of aromatic nitrogens is 2. The number of benzene rings is 1. The van der Waals surface area contributed by atoms with Gasteiger partial charge in [0.2, 0.25) is 0 Å². The summed E-state index contributed by atoms with van der Waals surface area (Å²) in [5, 5.41) is 7.53. The summed E-state index contributed by atoms with van der Waals surface area (Å²) in [5.74, 6) is 1.10. The summed E-state index contributed by atoms with van der Waals surface area (Å²) >= 11 is 0. The molecule has 0 radical (unpaired) electrons. The van der Waals surface area contributed by atoms with Crippen molar-refractivity contribution in [2.24, 2.45) is 0 Å². The Morgan fingerprint density at radius 2 is 2.11 bits per heavy atom. The number of hydrogen-bond acceptors (Lipinski definition) is 5. The molecule has 1 aliphatic rings. The van der Waals surface area contributed by atoms with Gasteiger partial charge in [0.1, 0.15) is 5.69 Å². The Labute approximate surface area is 164 Å². The highest BCUT2D eigenvalue weighted by molar-refractivity contribution is 5.94. The molecule has 1 fully saturated rings. The predicted octanol–water partition coefficient (Wildman–Crippen LogP) is 3.48. The Morgan fingerprint density at radius 3 is 2.89 bits per heavy atom. The van der Waals surface area contributed by atoms with Crippen molar-refractivity contribution in [2.75, 3.05) is 20.1 Å². The van der Waals surface area contributed by atoms with Crippen LogP contribution in [-0.2, 0) is 6.54 Å². The lowest BCUT2D eigenvalue weighted by Crippen LogP contribution is -2.29. The molecule has 144 valence electrons. The average molecular weight is 376 g/mol. The SMILES string of the molecule is CN(Cc1cc(-c2ccncc2)no1)C(=O)c1cccc([C@@H]2CCCNC2)c1. The molecule has 0 unspecified atom stereocenters. The molecule has 0 aliphatic carbocycles. The second-order valence-corrected chi connectivity index (χ2v) is 7.24. The van der Waals surface area contributed by atoms with Crippen molar-refractivity contribution in [2.45, 2.75) is 25.3 Å². The highest BCUT2D eigenvalue weighted by Gasteiger charge is 2.19. The normalized spacial score (nSPS) is 16.7. The quantitative estimate of drug-likeness (QED) is 0.738. The van der Waals surface area contributed by atoms with E-state index in [9.17, 15) is 4.79 Å². The summed E-state index contributed by atoms with van der Waals surface area (Å²) in [6, 6.07) is 13.6. The molecular weight excluding hydrogens is 352 g/mol. The second kappa shape index (κ2) is 8.35. The third-order valence-electron chi connectivity index (χ3n) is 5.18. The maximum absolute atomic E-state index is 12.9. The fourth-order valence-corrected chi connectivity index (χ4v) is 3.63. The third-order valence-corrected chi connectivity index (χ3v) is 5.18. The van der Waals surface area contributed by atoms with Crippen molar-refractivity contribution in [3.63, 3.8) is 0 Å². The van der Waals surface area contributed by atoms with E-state index in [0.29, 0.717) is 23.8 Å². The summed E-state index contributed by atoms with van der Waals surface area (Å²) in [6.07, 6.45) is 5.77. The third kappa shape index (κ3) is 4.12. The number of rotatable bonds is 5. The van der Waals surface area contributed by atoms with E-state index in [-0.39, 0.29) is 5.91 Å². The van der Waals surface area contributed by atoms with E-state index in [1.165, 1.54) is 12.0 Å². The minimum atomic E-state index is -0.0209. The van der Waals surface area contributed by atoms with Gasteiger partial charge in [0.05, 0.1) is 6.54 Å². The van der Waals surface area contributed by atoms with Crippen LogP contribution in [0.4, 0.5) is 0 Å². The minimum absolute atomic E-state index is 0.0209. The number of nitrogens with zero attached hydrogens (tertiary/aromatic N) is 3. The topological polar surface area (TPSA) is 71.3 Å². The molecule has 1 amide bonds. The van der Waals surface area contributed by atoms with E-state index in [1.54, 1.807) is 24.3 Å². The number of pyridine rings is 1. The first kappa shape index (κ1) is 18.4. The summed E-state index contributed by atoms with van der Waals surface area (Å²) < 4.78 is 5.42. The molecule has 1 saturated heterocycles. The summed E-state index contributed by atoms with van der Waals surface area (Å²) in [7, 11) is 1.78. The van der Waals surface area contributed by atoms with Crippen LogP contribution in [0.3, 0.4) is 0 Å². The van der Waals surface area contributed by atoms with Crippen molar-refractivity contribution in [3.8, 4) is 11.3 Å². The molecule has 6 heteroatoms. The van der Waals surface area contributed by atoms with Crippen molar-refractivity contribution in [1.29, 1.82) is 0 Å². The lowest BCUT2D eigenvalue weighted by atomic mass is 9.90. The molecule has 0 spiro atoms. The van der Waals surface area contributed by atoms with Crippen LogP contribution < -0.4 is 5.32 Å². The number of nitrogens with one attached hydrogen (secondary N) is 1. The molecule has 0 saturated carbocycles. The first-order valence-electron chi connectivity index (χ1n) is 9.63. The molecular formula is C22H24N4O2. The van der Waals surface area contributed by atoms with Gasteiger partial charge in [-0.05, 0) is 55.1 Å². The maximum Gasteiger partial charge on any atom is 0.254 e. The van der Waals surface area contributed by atoms with Crippen molar-refractivity contribution in [3.05, 3.63) is 71.7 Å². The van der Waals surface area contributed by atoms with Gasteiger partial charge in [0, 0.05) is 43.2 Å². The molecule has 1 aromatic carbocycles. The summed E-state index contributed by atoms with van der Waals surface area (Å²) in [6.45, 7) is 2.42. The number of amides is 1. The number of hydrogen-bond donors (Lipinski definition) is 1. The Bertz CT molecular complexity index is 932. The number of carbonyl (C=O) groups is 1. The monoisotopic (exact) mass is 376 g/mol. The zero-order valence-electron chi connectivity index (χ0n) is 16.0. The first-order valence-corrected chi connectivity index (χ1v) is 9.63. The van der Waals surface area contributed by atoms with Crippen molar-refractivity contribution >= 4 is 5.91 Å². The van der Waals surface area contributed by atoms with E-state index in [0.717, 1.165) is 30.8 Å². The van der Waals surface area contributed by atoms with Crippen LogP contribution >= 0.6 is 0 Å². The Kier molecular flexibility index (Phi) is 5.48. The Hall–Kier alpha value is -2.99. The summed E-state index contributed by atoms with van der Waals surface area (Å²) in [5.41, 5.74) is 3.61. The van der Waals surface area contributed by atoms with Gasteiger partial charge in [-0.3, -0.25) is 9.78 Å². The van der Waals surface area contributed by atoms with Gasteiger partial charge in [-0.25, -0.2) is 0 Å². The standard InChI is InChI=1S/C22H24N4O2/c1-26(15-20-13-21(25-28-20)16-7-10-23-11-8-16)22(27)18-5-2-4-17(12-18)19-6-3-9-24-14-19/h2,4-5,7-8,10-13,19,24H,3,6,9,14-15H2,1H3/t19-/m1/s1. The molecule has 6 nitrogen and oxygen atoms in total. The zero-order valence-corrected chi connectivity index (χ0v) is 16.0.